The smallest absolute Gasteiger partial charge is 0.434 e. The zero-order valence-corrected chi connectivity index (χ0v) is 19.1. The van der Waals surface area contributed by atoms with Gasteiger partial charge in [-0.2, -0.15) is 0 Å². The molecule has 1 saturated carbocycles. The van der Waals surface area contributed by atoms with Gasteiger partial charge in [-0.25, -0.2) is 4.79 Å². The summed E-state index contributed by atoms with van der Waals surface area (Å²) in [6.07, 6.45) is 5.77. The predicted molar refractivity (Wildman–Crippen MR) is 126 cm³/mol. The lowest BCUT2D eigenvalue weighted by molar-refractivity contribution is -0.116. The molecular weight excluding hydrogens is 420 g/mol. The number of hydrogen-bond acceptors (Lipinski definition) is 5. The summed E-state index contributed by atoms with van der Waals surface area (Å²) in [4.78, 5) is 36.0. The normalized spacial score (nSPS) is 13.9. The molecule has 0 aromatic heterocycles. The molecule has 0 spiro atoms. The second-order valence-corrected chi connectivity index (χ2v) is 8.05. The van der Waals surface area contributed by atoms with Crippen molar-refractivity contribution in [2.75, 3.05) is 11.9 Å². The van der Waals surface area contributed by atoms with Crippen LogP contribution >= 0.6 is 0 Å². The van der Waals surface area contributed by atoms with Gasteiger partial charge in [0.25, 0.3) is 5.91 Å². The van der Waals surface area contributed by atoms with Crippen molar-refractivity contribution in [1.29, 1.82) is 0 Å². The van der Waals surface area contributed by atoms with E-state index in [1.165, 1.54) is 37.8 Å². The zero-order valence-electron chi connectivity index (χ0n) is 19.1. The first kappa shape index (κ1) is 24.0. The SMILES string of the molecule is CCOC(=O)Oc1ccc(C(=O)Nc2ccc(CNC(=O)/C=C(\C)C3CCCC3)cc2)cc1. The van der Waals surface area contributed by atoms with Gasteiger partial charge in [0.2, 0.25) is 5.91 Å². The van der Waals surface area contributed by atoms with Crippen molar-refractivity contribution in [3.63, 3.8) is 0 Å². The minimum Gasteiger partial charge on any atom is -0.434 e. The first-order chi connectivity index (χ1) is 15.9. The third-order valence-electron chi connectivity index (χ3n) is 5.62. The lowest BCUT2D eigenvalue weighted by Gasteiger charge is -2.10. The molecule has 174 valence electrons. The Kier molecular flexibility index (Phi) is 8.63. The molecule has 2 N–H and O–H groups in total. The number of nitrogens with one attached hydrogen (secondary N) is 2. The van der Waals surface area contributed by atoms with E-state index in [4.69, 9.17) is 9.47 Å². The molecule has 2 aromatic carbocycles. The first-order valence-electron chi connectivity index (χ1n) is 11.3. The van der Waals surface area contributed by atoms with Crippen molar-refractivity contribution >= 4 is 23.7 Å². The lowest BCUT2D eigenvalue weighted by atomic mass is 9.99. The summed E-state index contributed by atoms with van der Waals surface area (Å²) in [5, 5.41) is 5.74. The Labute approximate surface area is 194 Å². The molecule has 0 radical (unpaired) electrons. The highest BCUT2D eigenvalue weighted by molar-refractivity contribution is 6.04. The maximum absolute atomic E-state index is 12.5. The van der Waals surface area contributed by atoms with Crippen molar-refractivity contribution in [3.05, 3.63) is 71.3 Å². The van der Waals surface area contributed by atoms with Crippen molar-refractivity contribution in [3.8, 4) is 5.75 Å². The predicted octanol–water partition coefficient (Wildman–Crippen LogP) is 5.23. The fourth-order valence-corrected chi connectivity index (χ4v) is 3.77. The topological polar surface area (TPSA) is 93.7 Å². The molecule has 1 aliphatic rings. The summed E-state index contributed by atoms with van der Waals surface area (Å²) in [6, 6.07) is 13.5. The van der Waals surface area contributed by atoms with Gasteiger partial charge in [0.1, 0.15) is 5.75 Å². The number of allylic oxidation sites excluding steroid dienone is 1. The van der Waals surface area contributed by atoms with Crippen LogP contribution in [0.15, 0.2) is 60.2 Å². The average molecular weight is 451 g/mol. The van der Waals surface area contributed by atoms with Crippen LogP contribution in [0.5, 0.6) is 5.75 Å². The number of benzene rings is 2. The summed E-state index contributed by atoms with van der Waals surface area (Å²) in [6.45, 7) is 4.37. The molecule has 2 aromatic rings. The van der Waals surface area contributed by atoms with Crippen molar-refractivity contribution in [1.82, 2.24) is 5.32 Å². The van der Waals surface area contributed by atoms with Crippen LogP contribution in [-0.2, 0) is 16.1 Å². The third kappa shape index (κ3) is 7.49. The third-order valence-corrected chi connectivity index (χ3v) is 5.62. The van der Waals surface area contributed by atoms with E-state index in [0.29, 0.717) is 29.5 Å². The van der Waals surface area contributed by atoms with Crippen LogP contribution < -0.4 is 15.4 Å². The monoisotopic (exact) mass is 450 g/mol. The Bertz CT molecular complexity index is 990. The summed E-state index contributed by atoms with van der Waals surface area (Å²) in [5.74, 6) is 0.475. The molecule has 0 aliphatic heterocycles. The van der Waals surface area contributed by atoms with E-state index in [9.17, 15) is 14.4 Å². The van der Waals surface area contributed by atoms with Gasteiger partial charge in [-0.3, -0.25) is 9.59 Å². The first-order valence-corrected chi connectivity index (χ1v) is 11.3. The highest BCUT2D eigenvalue weighted by atomic mass is 16.7. The van der Waals surface area contributed by atoms with Crippen molar-refractivity contribution in [2.45, 2.75) is 46.1 Å². The Hall–Kier alpha value is -3.61. The van der Waals surface area contributed by atoms with Gasteiger partial charge in [0.15, 0.2) is 0 Å². The molecule has 33 heavy (non-hydrogen) atoms. The molecule has 0 saturated heterocycles. The maximum Gasteiger partial charge on any atom is 0.513 e. The fourth-order valence-electron chi connectivity index (χ4n) is 3.77. The molecule has 1 fully saturated rings. The highest BCUT2D eigenvalue weighted by Gasteiger charge is 2.17. The number of amides is 2. The maximum atomic E-state index is 12.5. The number of hydrogen-bond donors (Lipinski definition) is 2. The van der Waals surface area contributed by atoms with E-state index >= 15 is 0 Å². The highest BCUT2D eigenvalue weighted by Crippen LogP contribution is 2.30. The second kappa shape index (κ2) is 11.9. The van der Waals surface area contributed by atoms with Gasteiger partial charge in [-0.05, 0) is 74.6 Å². The summed E-state index contributed by atoms with van der Waals surface area (Å²) < 4.78 is 9.70. The number of anilines is 1. The van der Waals surface area contributed by atoms with E-state index in [-0.39, 0.29) is 18.4 Å². The fraction of sp³-hybridized carbons (Fsp3) is 0.346. The van der Waals surface area contributed by atoms with Crippen molar-refractivity contribution in [2.24, 2.45) is 5.92 Å². The lowest BCUT2D eigenvalue weighted by Crippen LogP contribution is -2.21. The van der Waals surface area contributed by atoms with E-state index in [1.54, 1.807) is 37.3 Å². The van der Waals surface area contributed by atoms with E-state index in [1.807, 2.05) is 19.1 Å². The largest absolute Gasteiger partial charge is 0.513 e. The number of carbonyl (C=O) groups is 3. The minimum absolute atomic E-state index is 0.0767. The summed E-state index contributed by atoms with van der Waals surface area (Å²) in [5.41, 5.74) is 3.16. The molecule has 0 atom stereocenters. The Balaban J connectivity index is 1.47. The molecule has 2 amide bonds. The van der Waals surface area contributed by atoms with Crippen LogP contribution in [-0.4, -0.2) is 24.6 Å². The van der Waals surface area contributed by atoms with Gasteiger partial charge < -0.3 is 20.1 Å². The number of carbonyl (C=O) groups excluding carboxylic acids is 3. The summed E-state index contributed by atoms with van der Waals surface area (Å²) >= 11 is 0. The van der Waals surface area contributed by atoms with Crippen molar-refractivity contribution < 1.29 is 23.9 Å². The van der Waals surface area contributed by atoms with Gasteiger partial charge in [-0.1, -0.05) is 30.5 Å². The zero-order chi connectivity index (χ0) is 23.6. The molecular formula is C26H30N2O5. The van der Waals surface area contributed by atoms with E-state index < -0.39 is 6.16 Å². The van der Waals surface area contributed by atoms with Crippen LogP contribution in [0.2, 0.25) is 0 Å². The molecule has 7 nitrogen and oxygen atoms in total. The second-order valence-electron chi connectivity index (χ2n) is 8.05. The van der Waals surface area contributed by atoms with Crippen LogP contribution in [0.1, 0.15) is 55.5 Å². The molecule has 0 heterocycles. The standard InChI is InChI=1S/C26H30N2O5/c1-3-32-26(31)33-23-14-10-21(11-15-23)25(30)28-22-12-8-19(9-13-22)17-27-24(29)16-18(2)20-6-4-5-7-20/h8-16,20H,3-7,17H2,1-2H3,(H,27,29)(H,28,30)/b18-16+. The van der Waals surface area contributed by atoms with Gasteiger partial charge in [-0.15, -0.1) is 0 Å². The van der Waals surface area contributed by atoms with Crippen LogP contribution in [0.3, 0.4) is 0 Å². The van der Waals surface area contributed by atoms with Gasteiger partial charge >= 0.3 is 6.16 Å². The Morgan fingerprint density at radius 2 is 1.67 bits per heavy atom. The van der Waals surface area contributed by atoms with E-state index in [2.05, 4.69) is 10.6 Å². The molecule has 0 unspecified atom stereocenters. The molecule has 3 rings (SSSR count). The average Bonchev–Trinajstić information content (AvgIpc) is 3.34. The summed E-state index contributed by atoms with van der Waals surface area (Å²) in [7, 11) is 0. The van der Waals surface area contributed by atoms with Crippen LogP contribution in [0.25, 0.3) is 0 Å². The Morgan fingerprint density at radius 1 is 1.00 bits per heavy atom. The van der Waals surface area contributed by atoms with E-state index in [0.717, 1.165) is 11.1 Å². The Morgan fingerprint density at radius 3 is 2.30 bits per heavy atom. The number of rotatable bonds is 8. The van der Waals surface area contributed by atoms with Gasteiger partial charge in [0.05, 0.1) is 6.61 Å². The molecule has 7 heteroatoms. The number of ether oxygens (including phenoxy) is 2. The van der Waals surface area contributed by atoms with Crippen LogP contribution in [0.4, 0.5) is 10.5 Å². The quantitative estimate of drug-likeness (QED) is 0.326. The van der Waals surface area contributed by atoms with Crippen LogP contribution in [0, 0.1) is 5.92 Å². The molecule has 1 aliphatic carbocycles. The van der Waals surface area contributed by atoms with Gasteiger partial charge in [0, 0.05) is 23.9 Å². The minimum atomic E-state index is -0.786. The molecule has 0 bridgehead atoms.